The molecule has 1 aromatic heterocycles. The van der Waals surface area contributed by atoms with E-state index in [-0.39, 0.29) is 0 Å². The van der Waals surface area contributed by atoms with Crippen LogP contribution in [-0.4, -0.2) is 42.0 Å². The lowest BCUT2D eigenvalue weighted by Gasteiger charge is -2.16. The molecule has 2 rings (SSSR count). The number of nitrogens with one attached hydrogen (secondary N) is 1. The second kappa shape index (κ2) is 7.94. The van der Waals surface area contributed by atoms with Gasteiger partial charge in [0.2, 0.25) is 0 Å². The van der Waals surface area contributed by atoms with Crippen molar-refractivity contribution in [2.75, 3.05) is 19.8 Å². The number of ether oxygens (including phenoxy) is 1. The maximum Gasteiger partial charge on any atom is 0.0897 e. The third kappa shape index (κ3) is 5.18. The van der Waals surface area contributed by atoms with Crippen molar-refractivity contribution in [2.24, 2.45) is 0 Å². The van der Waals surface area contributed by atoms with Crippen molar-refractivity contribution in [1.29, 1.82) is 0 Å². The molecule has 1 fully saturated rings. The molecule has 0 saturated heterocycles. The summed E-state index contributed by atoms with van der Waals surface area (Å²) in [7, 11) is 0. The molecular weight excluding hydrogens is 260 g/mol. The minimum atomic E-state index is -0.400. The van der Waals surface area contributed by atoms with Crippen molar-refractivity contribution < 1.29 is 9.84 Å². The maximum atomic E-state index is 9.82. The number of aliphatic hydroxyl groups is 1. The van der Waals surface area contributed by atoms with Crippen LogP contribution in [0.5, 0.6) is 0 Å². The highest BCUT2D eigenvalue weighted by Gasteiger charge is 2.15. The van der Waals surface area contributed by atoms with Gasteiger partial charge in [-0.25, -0.2) is 4.98 Å². The summed E-state index contributed by atoms with van der Waals surface area (Å²) in [6.45, 7) is 3.73. The summed E-state index contributed by atoms with van der Waals surface area (Å²) in [5.74, 6) is 0. The average Bonchev–Trinajstić information content (AvgIpc) is 3.04. The smallest absolute Gasteiger partial charge is 0.0897 e. The van der Waals surface area contributed by atoms with Crippen LogP contribution in [0, 0.1) is 6.92 Å². The molecule has 0 amide bonds. The molecule has 19 heavy (non-hydrogen) atoms. The van der Waals surface area contributed by atoms with Crippen LogP contribution in [0.1, 0.15) is 36.3 Å². The van der Waals surface area contributed by atoms with Crippen molar-refractivity contribution in [2.45, 2.75) is 51.2 Å². The third-order valence-electron chi connectivity index (χ3n) is 3.63. The highest BCUT2D eigenvalue weighted by atomic mass is 32.1. The minimum absolute atomic E-state index is 0.400. The predicted molar refractivity (Wildman–Crippen MR) is 77.6 cm³/mol. The van der Waals surface area contributed by atoms with Gasteiger partial charge in [0.05, 0.1) is 30.5 Å². The van der Waals surface area contributed by atoms with Gasteiger partial charge in [0.1, 0.15) is 0 Å². The van der Waals surface area contributed by atoms with Gasteiger partial charge in [0.15, 0.2) is 0 Å². The minimum Gasteiger partial charge on any atom is -0.389 e. The van der Waals surface area contributed by atoms with Crippen molar-refractivity contribution in [3.05, 3.63) is 16.1 Å². The van der Waals surface area contributed by atoms with Gasteiger partial charge in [-0.05, 0) is 19.8 Å². The van der Waals surface area contributed by atoms with E-state index in [1.165, 1.54) is 30.6 Å². The highest BCUT2D eigenvalue weighted by Crippen LogP contribution is 2.17. The SMILES string of the molecule is Cc1ncsc1CCOCC(O)CNC1CCCC1. The molecule has 5 heteroatoms. The number of nitrogens with zero attached hydrogens (tertiary/aromatic N) is 1. The van der Waals surface area contributed by atoms with E-state index in [9.17, 15) is 5.11 Å². The van der Waals surface area contributed by atoms with Crippen molar-refractivity contribution in [3.63, 3.8) is 0 Å². The van der Waals surface area contributed by atoms with Gasteiger partial charge in [-0.15, -0.1) is 11.3 Å². The van der Waals surface area contributed by atoms with Crippen molar-refractivity contribution in [3.8, 4) is 0 Å². The molecule has 1 aliphatic rings. The van der Waals surface area contributed by atoms with Crippen LogP contribution in [0.25, 0.3) is 0 Å². The number of hydrogen-bond acceptors (Lipinski definition) is 5. The quantitative estimate of drug-likeness (QED) is 0.716. The Kier molecular flexibility index (Phi) is 6.23. The molecule has 1 aromatic rings. The summed E-state index contributed by atoms with van der Waals surface area (Å²) >= 11 is 1.67. The van der Waals surface area contributed by atoms with Gasteiger partial charge >= 0.3 is 0 Å². The van der Waals surface area contributed by atoms with Gasteiger partial charge in [0.25, 0.3) is 0 Å². The number of thiazole rings is 1. The van der Waals surface area contributed by atoms with E-state index in [2.05, 4.69) is 10.3 Å². The number of aryl methyl sites for hydroxylation is 1. The first-order valence-corrected chi connectivity index (χ1v) is 8.02. The molecule has 0 aliphatic heterocycles. The van der Waals surface area contributed by atoms with Gasteiger partial charge in [0, 0.05) is 23.9 Å². The lowest BCUT2D eigenvalue weighted by Crippen LogP contribution is -2.36. The molecule has 0 radical (unpaired) electrons. The van der Waals surface area contributed by atoms with Crippen LogP contribution in [0.2, 0.25) is 0 Å². The van der Waals surface area contributed by atoms with Crippen LogP contribution < -0.4 is 5.32 Å². The topological polar surface area (TPSA) is 54.4 Å². The summed E-state index contributed by atoms with van der Waals surface area (Å²) in [5, 5.41) is 13.2. The second-order valence-electron chi connectivity index (χ2n) is 5.23. The number of aromatic nitrogens is 1. The third-order valence-corrected chi connectivity index (χ3v) is 4.62. The molecular formula is C14H24N2O2S. The van der Waals surface area contributed by atoms with E-state index in [0.717, 1.165) is 12.1 Å². The van der Waals surface area contributed by atoms with E-state index in [1.54, 1.807) is 11.3 Å². The summed E-state index contributed by atoms with van der Waals surface area (Å²) < 4.78 is 5.53. The van der Waals surface area contributed by atoms with Crippen LogP contribution in [0.15, 0.2) is 5.51 Å². The fourth-order valence-electron chi connectivity index (χ4n) is 2.44. The van der Waals surface area contributed by atoms with E-state index >= 15 is 0 Å². The van der Waals surface area contributed by atoms with Crippen LogP contribution >= 0.6 is 11.3 Å². The lowest BCUT2D eigenvalue weighted by molar-refractivity contribution is 0.0372. The summed E-state index contributed by atoms with van der Waals surface area (Å²) in [5.41, 5.74) is 2.96. The number of aliphatic hydroxyl groups excluding tert-OH is 1. The average molecular weight is 284 g/mol. The molecule has 1 atom stereocenters. The highest BCUT2D eigenvalue weighted by molar-refractivity contribution is 7.09. The normalized spacial score (nSPS) is 18.0. The van der Waals surface area contributed by atoms with E-state index in [0.29, 0.717) is 25.8 Å². The first kappa shape index (κ1) is 14.9. The Balaban J connectivity index is 1.51. The molecule has 1 heterocycles. The molecule has 1 unspecified atom stereocenters. The monoisotopic (exact) mass is 284 g/mol. The van der Waals surface area contributed by atoms with Gasteiger partial charge in [-0.3, -0.25) is 0 Å². The van der Waals surface area contributed by atoms with Crippen LogP contribution in [-0.2, 0) is 11.2 Å². The molecule has 1 saturated carbocycles. The Morgan fingerprint density at radius 2 is 2.32 bits per heavy atom. The largest absolute Gasteiger partial charge is 0.389 e. The van der Waals surface area contributed by atoms with Crippen LogP contribution in [0.3, 0.4) is 0 Å². The summed E-state index contributed by atoms with van der Waals surface area (Å²) in [6, 6.07) is 0.606. The van der Waals surface area contributed by atoms with Gasteiger partial charge in [-0.2, -0.15) is 0 Å². The zero-order valence-electron chi connectivity index (χ0n) is 11.6. The molecule has 2 N–H and O–H groups in total. The lowest BCUT2D eigenvalue weighted by atomic mass is 10.2. The first-order valence-electron chi connectivity index (χ1n) is 7.14. The Morgan fingerprint density at radius 1 is 1.53 bits per heavy atom. The van der Waals surface area contributed by atoms with E-state index in [4.69, 9.17) is 4.74 Å². The molecule has 0 bridgehead atoms. The van der Waals surface area contributed by atoms with Gasteiger partial charge in [-0.1, -0.05) is 12.8 Å². The molecule has 0 spiro atoms. The second-order valence-corrected chi connectivity index (χ2v) is 6.17. The Hall–Kier alpha value is -0.490. The van der Waals surface area contributed by atoms with E-state index in [1.807, 2.05) is 12.4 Å². The standard InChI is InChI=1S/C14H24N2O2S/c1-11-14(19-10-16-11)6-7-18-9-13(17)8-15-12-4-2-3-5-12/h10,12-13,15,17H,2-9H2,1H3. The zero-order valence-corrected chi connectivity index (χ0v) is 12.4. The maximum absolute atomic E-state index is 9.82. The zero-order chi connectivity index (χ0) is 13.5. The summed E-state index contributed by atoms with van der Waals surface area (Å²) in [4.78, 5) is 5.48. The molecule has 0 aromatic carbocycles. The molecule has 108 valence electrons. The molecule has 4 nitrogen and oxygen atoms in total. The summed E-state index contributed by atoms with van der Waals surface area (Å²) in [6.07, 6.45) is 5.62. The van der Waals surface area contributed by atoms with Gasteiger partial charge < -0.3 is 15.2 Å². The number of rotatable bonds is 8. The van der Waals surface area contributed by atoms with Crippen molar-refractivity contribution >= 4 is 11.3 Å². The molecule has 1 aliphatic carbocycles. The Morgan fingerprint density at radius 3 is 3.00 bits per heavy atom. The fraction of sp³-hybridized carbons (Fsp3) is 0.786. The van der Waals surface area contributed by atoms with E-state index < -0.39 is 6.10 Å². The Bertz CT molecular complexity index is 364. The Labute approximate surface area is 119 Å². The predicted octanol–water partition coefficient (Wildman–Crippen LogP) is 1.90. The van der Waals surface area contributed by atoms with Crippen LogP contribution in [0.4, 0.5) is 0 Å². The van der Waals surface area contributed by atoms with Crippen molar-refractivity contribution in [1.82, 2.24) is 10.3 Å². The number of hydrogen-bond donors (Lipinski definition) is 2. The first-order chi connectivity index (χ1) is 9.25. The fourth-order valence-corrected chi connectivity index (χ4v) is 3.20.